The molecule has 8 heteroatoms. The fourth-order valence-corrected chi connectivity index (χ4v) is 4.60. The highest BCUT2D eigenvalue weighted by Crippen LogP contribution is 2.30. The summed E-state index contributed by atoms with van der Waals surface area (Å²) in [5, 5.41) is 2.92. The minimum Gasteiger partial charge on any atom is -0.495 e. The molecule has 1 aromatic carbocycles. The minimum absolute atomic E-state index is 0.0939. The molecule has 1 unspecified atom stereocenters. The number of benzene rings is 1. The van der Waals surface area contributed by atoms with Gasteiger partial charge >= 0.3 is 0 Å². The van der Waals surface area contributed by atoms with E-state index < -0.39 is 15.8 Å². The summed E-state index contributed by atoms with van der Waals surface area (Å²) in [4.78, 5) is 12.0. The second kappa shape index (κ2) is 6.68. The number of methoxy groups -OCH3 is 1. The topological polar surface area (TPSA) is 75.7 Å². The number of carbonyl (C=O) groups is 1. The van der Waals surface area contributed by atoms with Crippen molar-refractivity contribution >= 4 is 15.9 Å². The van der Waals surface area contributed by atoms with Gasteiger partial charge in [-0.2, -0.15) is 4.31 Å². The number of nitrogens with one attached hydrogen (secondary N) is 1. The molecule has 1 heterocycles. The second-order valence-electron chi connectivity index (χ2n) is 6.28. The van der Waals surface area contributed by atoms with Crippen molar-refractivity contribution in [2.45, 2.75) is 36.6 Å². The molecule has 132 valence electrons. The number of nitrogens with zero attached hydrogens (tertiary/aromatic N) is 1. The lowest BCUT2D eigenvalue weighted by molar-refractivity contribution is -0.126. The lowest BCUT2D eigenvalue weighted by Crippen LogP contribution is -2.45. The highest BCUT2D eigenvalue weighted by molar-refractivity contribution is 7.89. The van der Waals surface area contributed by atoms with Gasteiger partial charge in [0.1, 0.15) is 16.5 Å². The molecule has 1 aliphatic carbocycles. The standard InChI is InChI=1S/C16H21FN2O4S/c1-23-14-7-4-12(17)9-15(14)24(21,22)19-8-2-3-11(10-19)16(20)18-13-5-6-13/h4,7,9,11,13H,2-3,5-6,8,10H2,1H3,(H,18,20). The zero-order valence-electron chi connectivity index (χ0n) is 13.5. The van der Waals surface area contributed by atoms with Gasteiger partial charge in [0, 0.05) is 19.1 Å². The fourth-order valence-electron chi connectivity index (χ4n) is 2.91. The minimum atomic E-state index is -3.92. The summed E-state index contributed by atoms with van der Waals surface area (Å²) in [6.45, 7) is 0.426. The zero-order chi connectivity index (χ0) is 17.3. The van der Waals surface area contributed by atoms with Crippen molar-refractivity contribution in [1.29, 1.82) is 0 Å². The van der Waals surface area contributed by atoms with Crippen molar-refractivity contribution in [3.05, 3.63) is 24.0 Å². The third-order valence-corrected chi connectivity index (χ3v) is 6.31. The number of hydrogen-bond donors (Lipinski definition) is 1. The molecule has 1 saturated heterocycles. The Morgan fingerprint density at radius 1 is 1.33 bits per heavy atom. The van der Waals surface area contributed by atoms with Crippen LogP contribution in [0.4, 0.5) is 4.39 Å². The van der Waals surface area contributed by atoms with Crippen molar-refractivity contribution in [2.24, 2.45) is 5.92 Å². The Hall–Kier alpha value is -1.67. The average Bonchev–Trinajstić information content (AvgIpc) is 3.39. The summed E-state index contributed by atoms with van der Waals surface area (Å²) in [6, 6.07) is 3.65. The molecule has 0 aromatic heterocycles. The van der Waals surface area contributed by atoms with Crippen molar-refractivity contribution in [3.8, 4) is 5.75 Å². The van der Waals surface area contributed by atoms with Gasteiger partial charge < -0.3 is 10.1 Å². The lowest BCUT2D eigenvalue weighted by Gasteiger charge is -2.31. The molecular weight excluding hydrogens is 335 g/mol. The molecule has 6 nitrogen and oxygen atoms in total. The van der Waals surface area contributed by atoms with Gasteiger partial charge in [0.2, 0.25) is 15.9 Å². The molecule has 0 radical (unpaired) electrons. The van der Waals surface area contributed by atoms with E-state index in [2.05, 4.69) is 5.32 Å². The highest BCUT2D eigenvalue weighted by atomic mass is 32.2. The van der Waals surface area contributed by atoms with Crippen molar-refractivity contribution < 1.29 is 22.3 Å². The molecule has 1 atom stereocenters. The Bertz CT molecular complexity index is 734. The number of rotatable bonds is 5. The third-order valence-electron chi connectivity index (χ3n) is 4.42. The van der Waals surface area contributed by atoms with Gasteiger partial charge in [0.05, 0.1) is 13.0 Å². The normalized spacial score (nSPS) is 22.2. The number of hydrogen-bond acceptors (Lipinski definition) is 4. The van der Waals surface area contributed by atoms with Crippen LogP contribution < -0.4 is 10.1 Å². The molecule has 3 rings (SSSR count). The van der Waals surface area contributed by atoms with E-state index in [9.17, 15) is 17.6 Å². The van der Waals surface area contributed by atoms with Gasteiger partial charge in [-0.3, -0.25) is 4.79 Å². The molecular formula is C16H21FN2O4S. The molecule has 1 aliphatic heterocycles. The first-order valence-corrected chi connectivity index (χ1v) is 9.50. The van der Waals surface area contributed by atoms with E-state index in [1.165, 1.54) is 17.5 Å². The first-order valence-electron chi connectivity index (χ1n) is 8.06. The molecule has 1 amide bonds. The SMILES string of the molecule is COc1ccc(F)cc1S(=O)(=O)N1CCCC(C(=O)NC2CC2)C1. The first-order chi connectivity index (χ1) is 11.4. The number of carbonyl (C=O) groups excluding carboxylic acids is 1. The lowest BCUT2D eigenvalue weighted by atomic mass is 9.99. The van der Waals surface area contributed by atoms with E-state index in [0.29, 0.717) is 19.4 Å². The summed E-state index contributed by atoms with van der Waals surface area (Å²) in [5.41, 5.74) is 0. The van der Waals surface area contributed by atoms with Gasteiger partial charge in [-0.15, -0.1) is 0 Å². The predicted molar refractivity (Wildman–Crippen MR) is 85.6 cm³/mol. The maximum atomic E-state index is 13.5. The summed E-state index contributed by atoms with van der Waals surface area (Å²) < 4.78 is 45.6. The van der Waals surface area contributed by atoms with Crippen molar-refractivity contribution in [1.82, 2.24) is 9.62 Å². The van der Waals surface area contributed by atoms with Crippen LogP contribution in [-0.4, -0.2) is 44.9 Å². The molecule has 24 heavy (non-hydrogen) atoms. The monoisotopic (exact) mass is 356 g/mol. The van der Waals surface area contributed by atoms with E-state index in [-0.39, 0.29) is 35.1 Å². The van der Waals surface area contributed by atoms with Crippen LogP contribution in [0, 0.1) is 11.7 Å². The maximum absolute atomic E-state index is 13.5. The number of amides is 1. The third kappa shape index (κ3) is 3.54. The fraction of sp³-hybridized carbons (Fsp3) is 0.562. The van der Waals surface area contributed by atoms with Crippen LogP contribution in [0.25, 0.3) is 0 Å². The van der Waals surface area contributed by atoms with Crippen molar-refractivity contribution in [2.75, 3.05) is 20.2 Å². The first kappa shape index (κ1) is 17.2. The van der Waals surface area contributed by atoms with Gasteiger partial charge in [0.25, 0.3) is 0 Å². The van der Waals surface area contributed by atoms with Crippen LogP contribution >= 0.6 is 0 Å². The summed E-state index contributed by atoms with van der Waals surface area (Å²) >= 11 is 0. The van der Waals surface area contributed by atoms with E-state index in [4.69, 9.17) is 4.74 Å². The van der Waals surface area contributed by atoms with Crippen LogP contribution in [0.1, 0.15) is 25.7 Å². The average molecular weight is 356 g/mol. The smallest absolute Gasteiger partial charge is 0.246 e. The number of sulfonamides is 1. The molecule has 2 aliphatic rings. The maximum Gasteiger partial charge on any atom is 0.246 e. The summed E-state index contributed by atoms with van der Waals surface area (Å²) in [5.74, 6) is -1.01. The van der Waals surface area contributed by atoms with E-state index in [0.717, 1.165) is 25.0 Å². The van der Waals surface area contributed by atoms with Gasteiger partial charge in [0.15, 0.2) is 0 Å². The summed E-state index contributed by atoms with van der Waals surface area (Å²) in [7, 11) is -2.58. The van der Waals surface area contributed by atoms with Crippen LogP contribution in [-0.2, 0) is 14.8 Å². The largest absolute Gasteiger partial charge is 0.495 e. The molecule has 1 saturated carbocycles. The van der Waals surface area contributed by atoms with E-state index in [1.807, 2.05) is 0 Å². The van der Waals surface area contributed by atoms with Gasteiger partial charge in [-0.05, 0) is 43.9 Å². The molecule has 0 spiro atoms. The van der Waals surface area contributed by atoms with E-state index in [1.54, 1.807) is 0 Å². The van der Waals surface area contributed by atoms with E-state index >= 15 is 0 Å². The Morgan fingerprint density at radius 3 is 2.75 bits per heavy atom. The zero-order valence-corrected chi connectivity index (χ0v) is 14.3. The van der Waals surface area contributed by atoms with Crippen LogP contribution in [0.3, 0.4) is 0 Å². The number of piperidine rings is 1. The van der Waals surface area contributed by atoms with Gasteiger partial charge in [-0.1, -0.05) is 0 Å². The Morgan fingerprint density at radius 2 is 2.08 bits per heavy atom. The van der Waals surface area contributed by atoms with Crippen LogP contribution in [0.2, 0.25) is 0 Å². The number of ether oxygens (including phenoxy) is 1. The highest BCUT2D eigenvalue weighted by Gasteiger charge is 2.36. The second-order valence-corrected chi connectivity index (χ2v) is 8.19. The Balaban J connectivity index is 1.81. The number of halogens is 1. The van der Waals surface area contributed by atoms with Crippen molar-refractivity contribution in [3.63, 3.8) is 0 Å². The molecule has 0 bridgehead atoms. The molecule has 1 aromatic rings. The summed E-state index contributed by atoms with van der Waals surface area (Å²) in [6.07, 6.45) is 3.23. The quantitative estimate of drug-likeness (QED) is 0.868. The molecule has 2 fully saturated rings. The van der Waals surface area contributed by atoms with Crippen LogP contribution in [0.5, 0.6) is 5.75 Å². The Labute approximate surface area is 141 Å². The molecule has 1 N–H and O–H groups in total. The Kier molecular flexibility index (Phi) is 4.78. The predicted octanol–water partition coefficient (Wildman–Crippen LogP) is 1.51. The van der Waals surface area contributed by atoms with Crippen LogP contribution in [0.15, 0.2) is 23.1 Å². The van der Waals surface area contributed by atoms with Gasteiger partial charge in [-0.25, -0.2) is 12.8 Å².